The molecule has 2 aromatic rings. The molecule has 140 valence electrons. The van der Waals surface area contributed by atoms with Crippen molar-refractivity contribution in [2.24, 2.45) is 0 Å². The van der Waals surface area contributed by atoms with E-state index in [-0.39, 0.29) is 28.9 Å². The maximum Gasteiger partial charge on any atom is 0.418 e. The highest BCUT2D eigenvalue weighted by atomic mass is 19.4. The van der Waals surface area contributed by atoms with Crippen molar-refractivity contribution in [3.8, 4) is 17.0 Å². The van der Waals surface area contributed by atoms with E-state index < -0.39 is 11.7 Å². The number of likely N-dealkylation sites (tertiary alicyclic amines) is 1. The maximum atomic E-state index is 13.6. The van der Waals surface area contributed by atoms with Crippen LogP contribution < -0.4 is 5.32 Å². The largest absolute Gasteiger partial charge is 0.507 e. The number of benzene rings is 1. The molecule has 1 aromatic heterocycles. The standard InChI is InChI=1S/C18H21F3N4O/c1-11-5-6-13(15(26)8-11)17-14(18(19,20)21)9-16(23-24-17)22-12-4-3-7-25(2)10-12/h5-6,8-9,12,26H,3-4,7,10H2,1-2H3,(H,22,23)/t12-/m0/s1. The second-order valence-electron chi connectivity index (χ2n) is 6.76. The molecule has 1 aromatic carbocycles. The molecule has 5 nitrogen and oxygen atoms in total. The van der Waals surface area contributed by atoms with Crippen molar-refractivity contribution >= 4 is 5.82 Å². The van der Waals surface area contributed by atoms with Crippen molar-refractivity contribution in [3.05, 3.63) is 35.4 Å². The number of likely N-dealkylation sites (N-methyl/N-ethyl adjacent to an activating group) is 1. The molecule has 0 bridgehead atoms. The fourth-order valence-corrected chi connectivity index (χ4v) is 3.21. The number of phenolic OH excluding ortho intramolecular Hbond substituents is 1. The molecule has 26 heavy (non-hydrogen) atoms. The predicted octanol–water partition coefficient (Wildman–Crippen LogP) is 3.68. The number of aryl methyl sites for hydroxylation is 1. The van der Waals surface area contributed by atoms with Crippen molar-refractivity contribution < 1.29 is 18.3 Å². The number of alkyl halides is 3. The van der Waals surface area contributed by atoms with Crippen LogP contribution in [0.3, 0.4) is 0 Å². The molecule has 8 heteroatoms. The average Bonchev–Trinajstić information content (AvgIpc) is 2.54. The van der Waals surface area contributed by atoms with Crippen LogP contribution in [0.4, 0.5) is 19.0 Å². The van der Waals surface area contributed by atoms with E-state index in [9.17, 15) is 18.3 Å². The van der Waals surface area contributed by atoms with Crippen LogP contribution in [0.25, 0.3) is 11.3 Å². The molecule has 0 radical (unpaired) electrons. The number of hydrogen-bond acceptors (Lipinski definition) is 5. The minimum absolute atomic E-state index is 0.0133. The van der Waals surface area contributed by atoms with E-state index in [0.29, 0.717) is 0 Å². The van der Waals surface area contributed by atoms with Crippen molar-refractivity contribution in [1.82, 2.24) is 15.1 Å². The summed E-state index contributed by atoms with van der Waals surface area (Å²) in [6.07, 6.45) is -2.76. The molecular formula is C18H21F3N4O. The minimum atomic E-state index is -4.61. The summed E-state index contributed by atoms with van der Waals surface area (Å²) in [4.78, 5) is 2.12. The van der Waals surface area contributed by atoms with Crippen LogP contribution in [0.2, 0.25) is 0 Å². The van der Waals surface area contributed by atoms with Crippen molar-refractivity contribution in [3.63, 3.8) is 0 Å². The third kappa shape index (κ3) is 4.07. The fourth-order valence-electron chi connectivity index (χ4n) is 3.21. The van der Waals surface area contributed by atoms with Gasteiger partial charge in [0.25, 0.3) is 0 Å². The Morgan fingerprint density at radius 2 is 2.00 bits per heavy atom. The van der Waals surface area contributed by atoms with E-state index in [1.54, 1.807) is 13.0 Å². The molecule has 0 spiro atoms. The van der Waals surface area contributed by atoms with Gasteiger partial charge in [-0.1, -0.05) is 6.07 Å². The zero-order valence-corrected chi connectivity index (χ0v) is 14.6. The first-order valence-corrected chi connectivity index (χ1v) is 8.44. The van der Waals surface area contributed by atoms with Crippen LogP contribution in [0.15, 0.2) is 24.3 Å². The lowest BCUT2D eigenvalue weighted by molar-refractivity contribution is -0.137. The van der Waals surface area contributed by atoms with Gasteiger partial charge in [-0.05, 0) is 57.1 Å². The van der Waals surface area contributed by atoms with Crippen molar-refractivity contribution in [2.45, 2.75) is 32.0 Å². The van der Waals surface area contributed by atoms with Crippen molar-refractivity contribution in [2.75, 3.05) is 25.5 Å². The molecule has 2 heterocycles. The van der Waals surface area contributed by atoms with Gasteiger partial charge in [0, 0.05) is 18.2 Å². The molecule has 0 amide bonds. The van der Waals surface area contributed by atoms with E-state index in [0.717, 1.165) is 37.6 Å². The number of halogens is 3. The smallest absolute Gasteiger partial charge is 0.418 e. The lowest BCUT2D eigenvalue weighted by Crippen LogP contribution is -2.40. The summed E-state index contributed by atoms with van der Waals surface area (Å²) < 4.78 is 40.7. The van der Waals surface area contributed by atoms with Gasteiger partial charge in [0.2, 0.25) is 0 Å². The Bertz CT molecular complexity index is 794. The molecule has 0 aliphatic carbocycles. The molecule has 1 aliphatic heterocycles. The number of anilines is 1. The maximum absolute atomic E-state index is 13.6. The SMILES string of the molecule is Cc1ccc(-c2nnc(N[C@H]3CCCN(C)C3)cc2C(F)(F)F)c(O)c1. The van der Waals surface area contributed by atoms with Gasteiger partial charge in [-0.2, -0.15) is 13.2 Å². The van der Waals surface area contributed by atoms with Gasteiger partial charge in [0.05, 0.1) is 5.56 Å². The Hall–Kier alpha value is -2.35. The van der Waals surface area contributed by atoms with Crippen LogP contribution in [0.5, 0.6) is 5.75 Å². The van der Waals surface area contributed by atoms with E-state index in [2.05, 4.69) is 20.4 Å². The van der Waals surface area contributed by atoms with Crippen LogP contribution in [-0.2, 0) is 6.18 Å². The second-order valence-corrected chi connectivity index (χ2v) is 6.76. The normalized spacial score (nSPS) is 18.7. The summed E-state index contributed by atoms with van der Waals surface area (Å²) in [5.74, 6) is -0.160. The van der Waals surface area contributed by atoms with E-state index in [1.807, 2.05) is 7.05 Å². The molecule has 1 saturated heterocycles. The third-order valence-electron chi connectivity index (χ3n) is 4.48. The molecule has 1 aliphatic rings. The first-order chi connectivity index (χ1) is 12.2. The molecule has 2 N–H and O–H groups in total. The Kier molecular flexibility index (Phi) is 5.04. The van der Waals surface area contributed by atoms with Gasteiger partial charge in [-0.15, -0.1) is 10.2 Å². The summed E-state index contributed by atoms with van der Waals surface area (Å²) in [6.45, 7) is 3.46. The summed E-state index contributed by atoms with van der Waals surface area (Å²) in [5.41, 5.74) is -0.536. The molecule has 3 rings (SSSR count). The highest BCUT2D eigenvalue weighted by Crippen LogP contribution is 2.39. The topological polar surface area (TPSA) is 61.3 Å². The third-order valence-corrected chi connectivity index (χ3v) is 4.48. The molecule has 1 atom stereocenters. The predicted molar refractivity (Wildman–Crippen MR) is 93.0 cm³/mol. The highest BCUT2D eigenvalue weighted by molar-refractivity contribution is 5.71. The highest BCUT2D eigenvalue weighted by Gasteiger charge is 2.36. The van der Waals surface area contributed by atoms with Gasteiger partial charge in [-0.3, -0.25) is 0 Å². The Balaban J connectivity index is 1.96. The van der Waals surface area contributed by atoms with Crippen LogP contribution in [-0.4, -0.2) is 46.4 Å². The lowest BCUT2D eigenvalue weighted by Gasteiger charge is -2.30. The Morgan fingerprint density at radius 1 is 1.23 bits per heavy atom. The number of piperidine rings is 1. The summed E-state index contributed by atoms with van der Waals surface area (Å²) >= 11 is 0. The number of hydrogen-bond donors (Lipinski definition) is 2. The fraction of sp³-hybridized carbons (Fsp3) is 0.444. The second kappa shape index (κ2) is 7.11. The molecule has 1 fully saturated rings. The van der Waals surface area contributed by atoms with Crippen molar-refractivity contribution in [1.29, 1.82) is 0 Å². The first kappa shape index (κ1) is 18.4. The number of rotatable bonds is 3. The van der Waals surface area contributed by atoms with Crippen LogP contribution in [0, 0.1) is 6.92 Å². The minimum Gasteiger partial charge on any atom is -0.507 e. The zero-order chi connectivity index (χ0) is 18.9. The molecule has 0 saturated carbocycles. The lowest BCUT2D eigenvalue weighted by atomic mass is 10.0. The Morgan fingerprint density at radius 3 is 2.65 bits per heavy atom. The van der Waals surface area contributed by atoms with Gasteiger partial charge < -0.3 is 15.3 Å². The first-order valence-electron chi connectivity index (χ1n) is 8.44. The summed E-state index contributed by atoms with van der Waals surface area (Å²) in [5, 5.41) is 20.8. The Labute approximate surface area is 149 Å². The van der Waals surface area contributed by atoms with Gasteiger partial charge >= 0.3 is 6.18 Å². The van der Waals surface area contributed by atoms with E-state index in [1.165, 1.54) is 12.1 Å². The molecular weight excluding hydrogens is 345 g/mol. The van der Waals surface area contributed by atoms with Gasteiger partial charge in [0.1, 0.15) is 17.3 Å². The van der Waals surface area contributed by atoms with E-state index >= 15 is 0 Å². The number of aromatic hydroxyl groups is 1. The van der Waals surface area contributed by atoms with E-state index in [4.69, 9.17) is 0 Å². The number of aromatic nitrogens is 2. The number of nitrogens with zero attached hydrogens (tertiary/aromatic N) is 3. The van der Waals surface area contributed by atoms with Gasteiger partial charge in [-0.25, -0.2) is 0 Å². The van der Waals surface area contributed by atoms with Gasteiger partial charge in [0.15, 0.2) is 0 Å². The zero-order valence-electron chi connectivity index (χ0n) is 14.6. The number of nitrogens with one attached hydrogen (secondary N) is 1. The number of phenols is 1. The summed E-state index contributed by atoms with van der Waals surface area (Å²) in [7, 11) is 1.98. The molecule has 0 unspecified atom stereocenters. The van der Waals surface area contributed by atoms with Crippen LogP contribution in [0.1, 0.15) is 24.0 Å². The monoisotopic (exact) mass is 366 g/mol. The summed E-state index contributed by atoms with van der Waals surface area (Å²) in [6, 6.07) is 5.45. The quantitative estimate of drug-likeness (QED) is 0.868. The van der Waals surface area contributed by atoms with Crippen LogP contribution >= 0.6 is 0 Å². The average molecular weight is 366 g/mol.